The van der Waals surface area contributed by atoms with Gasteiger partial charge in [-0.25, -0.2) is 0 Å². The summed E-state index contributed by atoms with van der Waals surface area (Å²) in [6, 6.07) is 7.66. The minimum absolute atomic E-state index is 0.641. The molecule has 98 valence electrons. The van der Waals surface area contributed by atoms with Crippen molar-refractivity contribution in [2.75, 3.05) is 0 Å². The Hall–Kier alpha value is -1.28. The third kappa shape index (κ3) is 4.53. The van der Waals surface area contributed by atoms with Crippen LogP contribution in [-0.2, 0) is 4.79 Å². The first-order valence-electron chi connectivity index (χ1n) is 6.08. The molecule has 3 heteroatoms. The number of hydrogen-bond acceptors (Lipinski definition) is 1. The van der Waals surface area contributed by atoms with Gasteiger partial charge in [-0.3, -0.25) is 4.79 Å². The summed E-state index contributed by atoms with van der Waals surface area (Å²) in [5.41, 5.74) is 0.356. The normalized spacial score (nSPS) is 11.9. The maximum atomic E-state index is 10.9. The lowest BCUT2D eigenvalue weighted by Gasteiger charge is -2.17. The first-order valence-corrected chi connectivity index (χ1v) is 6.46. The molecule has 0 bridgehead atoms. The van der Waals surface area contributed by atoms with Crippen molar-refractivity contribution < 1.29 is 9.90 Å². The molecule has 0 heterocycles. The molecule has 0 aliphatic rings. The Morgan fingerprint density at radius 2 is 2.06 bits per heavy atom. The number of rotatable bonds is 6. The molecular formula is C15H19ClO2. The van der Waals surface area contributed by atoms with Crippen LogP contribution in [0.3, 0.4) is 0 Å². The molecule has 2 nitrogen and oxygen atoms in total. The van der Waals surface area contributed by atoms with E-state index in [2.05, 4.69) is 0 Å². The van der Waals surface area contributed by atoms with Crippen LogP contribution < -0.4 is 0 Å². The van der Waals surface area contributed by atoms with E-state index in [1.807, 2.05) is 36.4 Å². The third-order valence-corrected chi connectivity index (χ3v) is 3.30. The maximum Gasteiger partial charge on any atom is 0.309 e. The number of carboxylic acid groups (broad SMARTS) is 1. The molecule has 0 aromatic heterocycles. The molecule has 1 aromatic carbocycles. The van der Waals surface area contributed by atoms with Crippen LogP contribution in [0, 0.1) is 5.41 Å². The van der Waals surface area contributed by atoms with Gasteiger partial charge in [0.25, 0.3) is 0 Å². The quantitative estimate of drug-likeness (QED) is 0.762. The van der Waals surface area contributed by atoms with Gasteiger partial charge >= 0.3 is 5.97 Å². The van der Waals surface area contributed by atoms with E-state index in [1.165, 1.54) is 0 Å². The van der Waals surface area contributed by atoms with Crippen LogP contribution in [0.1, 0.15) is 38.7 Å². The van der Waals surface area contributed by atoms with Crippen molar-refractivity contribution in [2.45, 2.75) is 33.1 Å². The van der Waals surface area contributed by atoms with Crippen molar-refractivity contribution in [2.24, 2.45) is 5.41 Å². The van der Waals surface area contributed by atoms with E-state index >= 15 is 0 Å². The molecular weight excluding hydrogens is 248 g/mol. The van der Waals surface area contributed by atoms with Crippen LogP contribution in [0.4, 0.5) is 0 Å². The lowest BCUT2D eigenvalue weighted by Crippen LogP contribution is -2.23. The monoisotopic (exact) mass is 266 g/mol. The zero-order valence-electron chi connectivity index (χ0n) is 10.8. The number of halogens is 1. The Labute approximate surface area is 113 Å². The van der Waals surface area contributed by atoms with Gasteiger partial charge in [-0.2, -0.15) is 0 Å². The van der Waals surface area contributed by atoms with Crippen LogP contribution in [0.2, 0.25) is 5.02 Å². The zero-order chi connectivity index (χ0) is 13.6. The van der Waals surface area contributed by atoms with Gasteiger partial charge in [0.05, 0.1) is 5.41 Å². The Balaban J connectivity index is 2.39. The molecule has 0 fully saturated rings. The lowest BCUT2D eigenvalue weighted by molar-refractivity contribution is -0.147. The molecule has 0 unspecified atom stereocenters. The topological polar surface area (TPSA) is 37.3 Å². The molecule has 0 aliphatic carbocycles. The van der Waals surface area contributed by atoms with Crippen LogP contribution in [0.5, 0.6) is 0 Å². The van der Waals surface area contributed by atoms with Gasteiger partial charge in [0.15, 0.2) is 0 Å². The van der Waals surface area contributed by atoms with Crippen LogP contribution in [0.15, 0.2) is 30.3 Å². The van der Waals surface area contributed by atoms with E-state index in [1.54, 1.807) is 13.8 Å². The van der Waals surface area contributed by atoms with E-state index in [0.29, 0.717) is 6.42 Å². The Bertz CT molecular complexity index is 436. The maximum absolute atomic E-state index is 10.9. The predicted molar refractivity (Wildman–Crippen MR) is 75.8 cm³/mol. The molecule has 0 radical (unpaired) electrons. The second kappa shape index (κ2) is 6.60. The predicted octanol–water partition coefficient (Wildman–Crippen LogP) is 4.63. The molecule has 0 saturated heterocycles. The van der Waals surface area contributed by atoms with Crippen molar-refractivity contribution in [3.8, 4) is 0 Å². The standard InChI is InChI=1S/C15H19ClO2/c1-15(2,14(17)18)11-7-3-4-8-12-9-5-6-10-13(12)16/h4-6,8-10H,3,7,11H2,1-2H3,(H,17,18). The molecule has 0 spiro atoms. The van der Waals surface area contributed by atoms with Gasteiger partial charge in [-0.1, -0.05) is 42.0 Å². The fourth-order valence-corrected chi connectivity index (χ4v) is 1.79. The van der Waals surface area contributed by atoms with E-state index < -0.39 is 11.4 Å². The molecule has 1 N–H and O–H groups in total. The molecule has 0 aliphatic heterocycles. The third-order valence-electron chi connectivity index (χ3n) is 2.95. The number of carboxylic acids is 1. The summed E-state index contributed by atoms with van der Waals surface area (Å²) in [4.78, 5) is 10.9. The minimum Gasteiger partial charge on any atom is -0.481 e. The summed E-state index contributed by atoms with van der Waals surface area (Å²) in [6.45, 7) is 3.51. The number of hydrogen-bond donors (Lipinski definition) is 1. The largest absolute Gasteiger partial charge is 0.481 e. The summed E-state index contributed by atoms with van der Waals surface area (Å²) in [5, 5.41) is 9.71. The van der Waals surface area contributed by atoms with Crippen molar-refractivity contribution in [1.82, 2.24) is 0 Å². The SMILES string of the molecule is CC(C)(CCCC=Cc1ccccc1Cl)C(=O)O. The van der Waals surface area contributed by atoms with Gasteiger partial charge in [0.1, 0.15) is 0 Å². The fraction of sp³-hybridized carbons (Fsp3) is 0.400. The molecule has 0 amide bonds. The summed E-state index contributed by atoms with van der Waals surface area (Å²) < 4.78 is 0. The lowest BCUT2D eigenvalue weighted by atomic mass is 9.87. The number of benzene rings is 1. The highest BCUT2D eigenvalue weighted by Gasteiger charge is 2.25. The Kier molecular flexibility index (Phi) is 5.42. The highest BCUT2D eigenvalue weighted by Crippen LogP contribution is 2.24. The molecule has 18 heavy (non-hydrogen) atoms. The number of aliphatic carboxylic acids is 1. The molecule has 0 atom stereocenters. The van der Waals surface area contributed by atoms with Crippen molar-refractivity contribution in [3.05, 3.63) is 40.9 Å². The van der Waals surface area contributed by atoms with E-state index in [-0.39, 0.29) is 0 Å². The second-order valence-electron chi connectivity index (χ2n) is 5.01. The molecule has 1 aromatic rings. The first kappa shape index (κ1) is 14.8. The van der Waals surface area contributed by atoms with Crippen molar-refractivity contribution in [3.63, 3.8) is 0 Å². The van der Waals surface area contributed by atoms with Gasteiger partial charge in [-0.15, -0.1) is 0 Å². The van der Waals surface area contributed by atoms with E-state index in [4.69, 9.17) is 16.7 Å². The summed E-state index contributed by atoms with van der Waals surface area (Å²) >= 11 is 6.02. The number of allylic oxidation sites excluding steroid dienone is 1. The zero-order valence-corrected chi connectivity index (χ0v) is 11.6. The summed E-state index contributed by atoms with van der Waals surface area (Å²) in [5.74, 6) is -0.738. The molecule has 1 rings (SSSR count). The number of unbranched alkanes of at least 4 members (excludes halogenated alkanes) is 1. The first-order chi connectivity index (χ1) is 8.43. The molecule has 0 saturated carbocycles. The average Bonchev–Trinajstić information content (AvgIpc) is 2.30. The van der Waals surface area contributed by atoms with Crippen LogP contribution >= 0.6 is 11.6 Å². The smallest absolute Gasteiger partial charge is 0.309 e. The van der Waals surface area contributed by atoms with Crippen molar-refractivity contribution >= 4 is 23.6 Å². The Morgan fingerprint density at radius 3 is 2.67 bits per heavy atom. The van der Waals surface area contributed by atoms with Crippen LogP contribution in [0.25, 0.3) is 6.08 Å². The highest BCUT2D eigenvalue weighted by atomic mass is 35.5. The van der Waals surface area contributed by atoms with Gasteiger partial charge in [0.2, 0.25) is 0 Å². The highest BCUT2D eigenvalue weighted by molar-refractivity contribution is 6.32. The van der Waals surface area contributed by atoms with E-state index in [0.717, 1.165) is 23.4 Å². The number of carbonyl (C=O) groups is 1. The summed E-state index contributed by atoms with van der Waals surface area (Å²) in [7, 11) is 0. The second-order valence-corrected chi connectivity index (χ2v) is 5.41. The average molecular weight is 267 g/mol. The minimum atomic E-state index is -0.738. The Morgan fingerprint density at radius 1 is 1.39 bits per heavy atom. The fourth-order valence-electron chi connectivity index (χ4n) is 1.59. The van der Waals surface area contributed by atoms with E-state index in [9.17, 15) is 4.79 Å². The van der Waals surface area contributed by atoms with Gasteiger partial charge in [0, 0.05) is 5.02 Å². The van der Waals surface area contributed by atoms with Crippen molar-refractivity contribution in [1.29, 1.82) is 0 Å². The van der Waals surface area contributed by atoms with Gasteiger partial charge in [-0.05, 0) is 44.7 Å². The van der Waals surface area contributed by atoms with Gasteiger partial charge < -0.3 is 5.11 Å². The summed E-state index contributed by atoms with van der Waals surface area (Å²) in [6.07, 6.45) is 6.42. The van der Waals surface area contributed by atoms with Crippen LogP contribution in [-0.4, -0.2) is 11.1 Å².